The van der Waals surface area contributed by atoms with Gasteiger partial charge >= 0.3 is 5.63 Å². The quantitative estimate of drug-likeness (QED) is 0.658. The summed E-state index contributed by atoms with van der Waals surface area (Å²) >= 11 is 6.28. The first-order valence-electron chi connectivity index (χ1n) is 7.49. The van der Waals surface area contributed by atoms with Gasteiger partial charge in [0.2, 0.25) is 0 Å². The average Bonchev–Trinajstić information content (AvgIpc) is 2.59. The molecule has 0 radical (unpaired) electrons. The smallest absolute Gasteiger partial charge is 0.336 e. The van der Waals surface area contributed by atoms with Crippen LogP contribution in [-0.4, -0.2) is 0 Å². The second-order valence-electron chi connectivity index (χ2n) is 5.28. The monoisotopic (exact) mass is 339 g/mol. The van der Waals surface area contributed by atoms with Crippen molar-refractivity contribution in [2.75, 3.05) is 0 Å². The molecule has 0 aliphatic rings. The first-order valence-corrected chi connectivity index (χ1v) is 7.87. The predicted octanol–water partition coefficient (Wildman–Crippen LogP) is 4.46. The van der Waals surface area contributed by atoms with E-state index in [0.717, 1.165) is 17.4 Å². The zero-order valence-corrected chi connectivity index (χ0v) is 13.8. The summed E-state index contributed by atoms with van der Waals surface area (Å²) in [6.45, 7) is 2.12. The molecule has 0 spiro atoms. The molecule has 0 aliphatic heterocycles. The van der Waals surface area contributed by atoms with Crippen LogP contribution in [0.5, 0.6) is 5.75 Å². The van der Waals surface area contributed by atoms with E-state index in [1.54, 1.807) is 36.4 Å². The molecule has 0 unspecified atom stereocenters. The first-order chi connectivity index (χ1) is 11.6. The average molecular weight is 340 g/mol. The van der Waals surface area contributed by atoms with E-state index in [9.17, 15) is 4.79 Å². The van der Waals surface area contributed by atoms with Gasteiger partial charge in [0, 0.05) is 22.0 Å². The first kappa shape index (κ1) is 16.1. The summed E-state index contributed by atoms with van der Waals surface area (Å²) in [5.41, 5.74) is 2.06. The summed E-state index contributed by atoms with van der Waals surface area (Å²) in [6, 6.07) is 14.0. The number of ether oxygens (including phenoxy) is 1. The van der Waals surface area contributed by atoms with Gasteiger partial charge in [0.05, 0.1) is 5.56 Å². The topological polar surface area (TPSA) is 63.2 Å². The molecule has 2 aromatic carbocycles. The highest BCUT2D eigenvalue weighted by Gasteiger charge is 2.11. The molecule has 0 bridgehead atoms. The second kappa shape index (κ2) is 6.77. The normalized spacial score (nSPS) is 10.5. The fraction of sp³-hybridized carbons (Fsp3) is 0.158. The Labute approximate surface area is 143 Å². The van der Waals surface area contributed by atoms with Gasteiger partial charge in [-0.1, -0.05) is 30.7 Å². The minimum absolute atomic E-state index is 0.141. The third kappa shape index (κ3) is 3.12. The molecule has 0 atom stereocenters. The number of nitrogens with zero attached hydrogens (tertiary/aromatic N) is 1. The summed E-state index contributed by atoms with van der Waals surface area (Å²) in [6.07, 6.45) is 0.745. The third-order valence-electron chi connectivity index (χ3n) is 3.77. The number of halogens is 1. The molecule has 0 saturated heterocycles. The maximum absolute atomic E-state index is 11.8. The molecular weight excluding hydrogens is 326 g/mol. The number of aryl methyl sites for hydroxylation is 1. The third-order valence-corrected chi connectivity index (χ3v) is 4.12. The van der Waals surface area contributed by atoms with Crippen LogP contribution in [-0.2, 0) is 13.0 Å². The SMILES string of the molecule is CCc1cc2oc(=O)cc(COc3ccccc3C#N)c2cc1Cl. The second-order valence-corrected chi connectivity index (χ2v) is 5.69. The number of fused-ring (bicyclic) bond motifs is 1. The van der Waals surface area contributed by atoms with Gasteiger partial charge in [-0.3, -0.25) is 0 Å². The molecule has 5 heteroatoms. The lowest BCUT2D eigenvalue weighted by atomic mass is 10.1. The molecule has 120 valence electrons. The summed E-state index contributed by atoms with van der Waals surface area (Å²) in [7, 11) is 0. The largest absolute Gasteiger partial charge is 0.487 e. The van der Waals surface area contributed by atoms with Crippen molar-refractivity contribution < 1.29 is 9.15 Å². The van der Waals surface area contributed by atoms with Gasteiger partial charge in [0.1, 0.15) is 24.0 Å². The van der Waals surface area contributed by atoms with Crippen molar-refractivity contribution >= 4 is 22.6 Å². The molecule has 1 heterocycles. The van der Waals surface area contributed by atoms with Crippen molar-refractivity contribution in [3.8, 4) is 11.8 Å². The van der Waals surface area contributed by atoms with E-state index in [-0.39, 0.29) is 6.61 Å². The fourth-order valence-electron chi connectivity index (χ4n) is 2.52. The molecule has 24 heavy (non-hydrogen) atoms. The van der Waals surface area contributed by atoms with Gasteiger partial charge in [-0.05, 0) is 36.2 Å². The number of para-hydroxylation sites is 1. The van der Waals surface area contributed by atoms with Gasteiger partial charge in [0.25, 0.3) is 0 Å². The Morgan fingerprint density at radius 2 is 2.00 bits per heavy atom. The van der Waals surface area contributed by atoms with Gasteiger partial charge in [-0.25, -0.2) is 4.79 Å². The van der Waals surface area contributed by atoms with Crippen LogP contribution >= 0.6 is 11.6 Å². The van der Waals surface area contributed by atoms with E-state index in [2.05, 4.69) is 6.07 Å². The van der Waals surface area contributed by atoms with Gasteiger partial charge in [-0.15, -0.1) is 0 Å². The van der Waals surface area contributed by atoms with Crippen LogP contribution in [0.1, 0.15) is 23.6 Å². The zero-order chi connectivity index (χ0) is 17.1. The molecule has 1 aromatic heterocycles. The summed E-state index contributed by atoms with van der Waals surface area (Å²) < 4.78 is 11.0. The van der Waals surface area contributed by atoms with E-state index >= 15 is 0 Å². The maximum atomic E-state index is 11.8. The van der Waals surface area contributed by atoms with Gasteiger partial charge in [0.15, 0.2) is 0 Å². The van der Waals surface area contributed by atoms with Crippen LogP contribution in [0.25, 0.3) is 11.0 Å². The minimum atomic E-state index is -0.445. The summed E-state index contributed by atoms with van der Waals surface area (Å²) in [5, 5.41) is 10.5. The molecule has 0 amide bonds. The van der Waals surface area contributed by atoms with Crippen LogP contribution in [0.15, 0.2) is 51.7 Å². The number of benzene rings is 2. The summed E-state index contributed by atoms with van der Waals surface area (Å²) in [4.78, 5) is 11.8. The maximum Gasteiger partial charge on any atom is 0.336 e. The molecule has 0 aliphatic carbocycles. The van der Waals surface area contributed by atoms with Crippen molar-refractivity contribution in [1.29, 1.82) is 5.26 Å². The highest BCUT2D eigenvalue weighted by Crippen LogP contribution is 2.27. The Morgan fingerprint density at radius 1 is 1.21 bits per heavy atom. The van der Waals surface area contributed by atoms with Crippen molar-refractivity contribution in [2.45, 2.75) is 20.0 Å². The van der Waals surface area contributed by atoms with Crippen LogP contribution in [0.4, 0.5) is 0 Å². The lowest BCUT2D eigenvalue weighted by Gasteiger charge is -2.10. The standard InChI is InChI=1S/C19H14ClNO3/c1-2-12-7-18-15(9-16(12)20)14(8-19(22)24-18)11-23-17-6-4-3-5-13(17)10-21/h3-9H,2,11H2,1H3. The molecule has 3 rings (SSSR count). The molecule has 0 N–H and O–H groups in total. The lowest BCUT2D eigenvalue weighted by Crippen LogP contribution is -2.05. The zero-order valence-electron chi connectivity index (χ0n) is 13.0. The fourth-order valence-corrected chi connectivity index (χ4v) is 2.82. The van der Waals surface area contributed by atoms with Crippen molar-refractivity contribution in [2.24, 2.45) is 0 Å². The van der Waals surface area contributed by atoms with Crippen LogP contribution in [0.2, 0.25) is 5.02 Å². The predicted molar refractivity (Wildman–Crippen MR) is 92.4 cm³/mol. The lowest BCUT2D eigenvalue weighted by molar-refractivity contribution is 0.305. The van der Waals surface area contributed by atoms with Crippen molar-refractivity contribution in [3.05, 3.63) is 74.6 Å². The van der Waals surface area contributed by atoms with Gasteiger partial charge in [-0.2, -0.15) is 5.26 Å². The molecular formula is C19H14ClNO3. The highest BCUT2D eigenvalue weighted by atomic mass is 35.5. The van der Waals surface area contributed by atoms with E-state index in [1.165, 1.54) is 6.07 Å². The summed E-state index contributed by atoms with van der Waals surface area (Å²) in [5.74, 6) is 0.470. The Hall–Kier alpha value is -2.77. The number of rotatable bonds is 4. The minimum Gasteiger partial charge on any atom is -0.487 e. The number of hydrogen-bond donors (Lipinski definition) is 0. The molecule has 4 nitrogen and oxygen atoms in total. The Balaban J connectivity index is 2.02. The van der Waals surface area contributed by atoms with E-state index < -0.39 is 5.63 Å². The number of nitriles is 1. The molecule has 0 fully saturated rings. The van der Waals surface area contributed by atoms with E-state index in [4.69, 9.17) is 26.0 Å². The molecule has 0 saturated carbocycles. The van der Waals surface area contributed by atoms with Gasteiger partial charge < -0.3 is 9.15 Å². The van der Waals surface area contributed by atoms with Crippen molar-refractivity contribution in [1.82, 2.24) is 0 Å². The van der Waals surface area contributed by atoms with E-state index in [1.807, 2.05) is 6.92 Å². The van der Waals surface area contributed by atoms with E-state index in [0.29, 0.717) is 27.5 Å². The van der Waals surface area contributed by atoms with Crippen LogP contribution < -0.4 is 10.4 Å². The van der Waals surface area contributed by atoms with Crippen LogP contribution in [0.3, 0.4) is 0 Å². The highest BCUT2D eigenvalue weighted by molar-refractivity contribution is 6.32. The van der Waals surface area contributed by atoms with Crippen molar-refractivity contribution in [3.63, 3.8) is 0 Å². The molecule has 3 aromatic rings. The number of hydrogen-bond acceptors (Lipinski definition) is 4. The Bertz CT molecular complexity index is 1000. The Kier molecular flexibility index (Phi) is 4.54. The Morgan fingerprint density at radius 3 is 2.75 bits per heavy atom. The van der Waals surface area contributed by atoms with Crippen LogP contribution in [0, 0.1) is 11.3 Å².